The van der Waals surface area contributed by atoms with E-state index in [2.05, 4.69) is 4.98 Å². The molecule has 0 unspecified atom stereocenters. The number of hydrogen-bond acceptors (Lipinski definition) is 2. The van der Waals surface area contributed by atoms with E-state index in [4.69, 9.17) is 5.73 Å². The molecule has 1 atom stereocenters. The molecule has 7 heteroatoms. The van der Waals surface area contributed by atoms with E-state index in [1.807, 2.05) is 0 Å². The van der Waals surface area contributed by atoms with Crippen LogP contribution in [-0.4, -0.2) is 17.1 Å². The van der Waals surface area contributed by atoms with Gasteiger partial charge in [0.1, 0.15) is 11.3 Å². The number of amides is 1. The highest BCUT2D eigenvalue weighted by Gasteiger charge is 2.43. The van der Waals surface area contributed by atoms with Crippen LogP contribution in [0.25, 0.3) is 10.9 Å². The number of halogens is 4. The van der Waals surface area contributed by atoms with Gasteiger partial charge in [-0.25, -0.2) is 9.37 Å². The van der Waals surface area contributed by atoms with Gasteiger partial charge in [0.25, 0.3) is 5.91 Å². The number of pyridine rings is 1. The second-order valence-electron chi connectivity index (χ2n) is 7.08. The molecule has 0 spiro atoms. The van der Waals surface area contributed by atoms with Gasteiger partial charge in [0, 0.05) is 10.8 Å². The van der Waals surface area contributed by atoms with Crippen molar-refractivity contribution in [3.8, 4) is 0 Å². The fourth-order valence-electron chi connectivity index (χ4n) is 3.53. The minimum atomic E-state index is -4.52. The van der Waals surface area contributed by atoms with Gasteiger partial charge < -0.3 is 5.73 Å². The summed E-state index contributed by atoms with van der Waals surface area (Å²) in [4.78, 5) is 16.2. The largest absolute Gasteiger partial charge is 0.390 e. The second-order valence-corrected chi connectivity index (χ2v) is 7.08. The molecular weight excluding hydrogens is 372 g/mol. The van der Waals surface area contributed by atoms with Crippen molar-refractivity contribution in [2.45, 2.75) is 31.4 Å². The lowest BCUT2D eigenvalue weighted by atomic mass is 9.75. The zero-order valence-corrected chi connectivity index (χ0v) is 15.1. The summed E-state index contributed by atoms with van der Waals surface area (Å²) in [7, 11) is 0. The molecule has 28 heavy (non-hydrogen) atoms. The van der Waals surface area contributed by atoms with Gasteiger partial charge in [0.15, 0.2) is 0 Å². The maximum Gasteiger partial charge on any atom is 0.390 e. The van der Waals surface area contributed by atoms with Crippen LogP contribution in [0.3, 0.4) is 0 Å². The van der Waals surface area contributed by atoms with Crippen LogP contribution in [-0.2, 0) is 11.8 Å². The van der Waals surface area contributed by atoms with Crippen LogP contribution in [0.1, 0.15) is 35.0 Å². The number of fused-ring (bicyclic) bond motifs is 1. The zero-order chi connectivity index (χ0) is 20.5. The standard InChI is InChI=1S/C21H18F4N2O/c1-20(12-21(23,24)25,11-13-6-3-2-4-7-13)18-15(19(26)28)10-14-8-5-9-16(22)17(14)27-18/h2-10H,11-12H2,1H3,(H2,26,28)/t20-/m0/s1. The molecule has 3 rings (SSSR count). The van der Waals surface area contributed by atoms with Crippen molar-refractivity contribution >= 4 is 16.8 Å². The normalized spacial score (nSPS) is 14.0. The number of carbonyl (C=O) groups is 1. The third-order valence-electron chi connectivity index (χ3n) is 4.66. The Kier molecular flexibility index (Phi) is 5.10. The van der Waals surface area contributed by atoms with Crippen molar-refractivity contribution in [1.82, 2.24) is 4.98 Å². The molecule has 3 aromatic rings. The van der Waals surface area contributed by atoms with Gasteiger partial charge >= 0.3 is 6.18 Å². The number of aromatic nitrogens is 1. The Hall–Kier alpha value is -2.96. The van der Waals surface area contributed by atoms with Gasteiger partial charge in [-0.15, -0.1) is 0 Å². The molecule has 0 fully saturated rings. The molecule has 1 aromatic heterocycles. The summed E-state index contributed by atoms with van der Waals surface area (Å²) in [6, 6.07) is 14.0. The van der Waals surface area contributed by atoms with Gasteiger partial charge in [-0.05, 0) is 24.1 Å². The molecule has 0 saturated carbocycles. The summed E-state index contributed by atoms with van der Waals surface area (Å²) in [5.41, 5.74) is 4.09. The van der Waals surface area contributed by atoms with E-state index in [1.54, 1.807) is 30.3 Å². The van der Waals surface area contributed by atoms with Gasteiger partial charge in [0.05, 0.1) is 17.7 Å². The molecule has 0 aliphatic carbocycles. The average molecular weight is 390 g/mol. The lowest BCUT2D eigenvalue weighted by Crippen LogP contribution is -2.35. The minimum Gasteiger partial charge on any atom is -0.366 e. The molecular formula is C21H18F4N2O. The number of para-hydroxylation sites is 1. The van der Waals surface area contributed by atoms with Crippen molar-refractivity contribution in [1.29, 1.82) is 0 Å². The molecule has 1 amide bonds. The fraction of sp³-hybridized carbons (Fsp3) is 0.238. The Labute approximate surface area is 159 Å². The molecule has 2 N–H and O–H groups in total. The summed E-state index contributed by atoms with van der Waals surface area (Å²) in [6.45, 7) is 1.37. The van der Waals surface area contributed by atoms with Gasteiger partial charge in [-0.3, -0.25) is 4.79 Å². The number of nitrogens with two attached hydrogens (primary N) is 1. The molecule has 2 aromatic carbocycles. The Morgan fingerprint density at radius 1 is 1.07 bits per heavy atom. The quantitative estimate of drug-likeness (QED) is 0.629. The van der Waals surface area contributed by atoms with Crippen molar-refractivity contribution in [2.24, 2.45) is 5.73 Å². The fourth-order valence-corrected chi connectivity index (χ4v) is 3.53. The number of primary amides is 1. The predicted octanol–water partition coefficient (Wildman–Crippen LogP) is 4.93. The number of alkyl halides is 3. The summed E-state index contributed by atoms with van der Waals surface area (Å²) in [5.74, 6) is -1.58. The number of nitrogens with zero attached hydrogens (tertiary/aromatic N) is 1. The van der Waals surface area contributed by atoms with Crippen LogP contribution in [0.15, 0.2) is 54.6 Å². The molecule has 0 aliphatic rings. The highest BCUT2D eigenvalue weighted by Crippen LogP contribution is 2.40. The molecule has 0 aliphatic heterocycles. The smallest absolute Gasteiger partial charge is 0.366 e. The second kappa shape index (κ2) is 7.22. The van der Waals surface area contributed by atoms with E-state index < -0.39 is 29.7 Å². The van der Waals surface area contributed by atoms with Crippen LogP contribution in [0.5, 0.6) is 0 Å². The molecule has 3 nitrogen and oxygen atoms in total. The SMILES string of the molecule is C[C@](Cc1ccccc1)(CC(F)(F)F)c1nc2c(F)cccc2cc1C(N)=O. The summed E-state index contributed by atoms with van der Waals surface area (Å²) >= 11 is 0. The molecule has 1 heterocycles. The van der Waals surface area contributed by atoms with Crippen molar-refractivity contribution in [3.63, 3.8) is 0 Å². The highest BCUT2D eigenvalue weighted by molar-refractivity contribution is 5.98. The van der Waals surface area contributed by atoms with Crippen LogP contribution in [0, 0.1) is 5.82 Å². The van der Waals surface area contributed by atoms with Crippen molar-refractivity contribution < 1.29 is 22.4 Å². The Bertz CT molecular complexity index is 1020. The van der Waals surface area contributed by atoms with E-state index in [-0.39, 0.29) is 23.2 Å². The van der Waals surface area contributed by atoms with E-state index in [0.717, 1.165) is 0 Å². The molecule has 0 radical (unpaired) electrons. The third kappa shape index (κ3) is 4.13. The first-order valence-corrected chi connectivity index (χ1v) is 8.59. The van der Waals surface area contributed by atoms with Crippen LogP contribution in [0.2, 0.25) is 0 Å². The van der Waals surface area contributed by atoms with E-state index >= 15 is 0 Å². The Morgan fingerprint density at radius 2 is 1.75 bits per heavy atom. The average Bonchev–Trinajstić information content (AvgIpc) is 2.60. The maximum absolute atomic E-state index is 14.3. The number of benzene rings is 2. The highest BCUT2D eigenvalue weighted by atomic mass is 19.4. The first kappa shape index (κ1) is 19.8. The lowest BCUT2D eigenvalue weighted by Gasteiger charge is -2.32. The van der Waals surface area contributed by atoms with Gasteiger partial charge in [0.2, 0.25) is 0 Å². The van der Waals surface area contributed by atoms with Crippen LogP contribution >= 0.6 is 0 Å². The summed E-state index contributed by atoms with van der Waals surface area (Å²) in [5, 5.41) is 0.298. The number of rotatable bonds is 5. The minimum absolute atomic E-state index is 0.0411. The van der Waals surface area contributed by atoms with Crippen molar-refractivity contribution in [2.75, 3.05) is 0 Å². The van der Waals surface area contributed by atoms with Crippen molar-refractivity contribution in [3.05, 3.63) is 77.2 Å². The third-order valence-corrected chi connectivity index (χ3v) is 4.66. The molecule has 0 saturated heterocycles. The monoisotopic (exact) mass is 390 g/mol. The Morgan fingerprint density at radius 3 is 2.36 bits per heavy atom. The summed E-state index contributed by atoms with van der Waals surface area (Å²) < 4.78 is 54.6. The zero-order valence-electron chi connectivity index (χ0n) is 15.1. The summed E-state index contributed by atoms with van der Waals surface area (Å²) in [6.07, 6.45) is -5.80. The predicted molar refractivity (Wildman–Crippen MR) is 98.4 cm³/mol. The number of hydrogen-bond donors (Lipinski definition) is 1. The first-order chi connectivity index (χ1) is 13.1. The lowest BCUT2D eigenvalue weighted by molar-refractivity contribution is -0.147. The van der Waals surface area contributed by atoms with E-state index in [9.17, 15) is 22.4 Å². The number of carbonyl (C=O) groups excluding carboxylic acids is 1. The van der Waals surface area contributed by atoms with Crippen LogP contribution in [0.4, 0.5) is 17.6 Å². The topological polar surface area (TPSA) is 56.0 Å². The Balaban J connectivity index is 2.26. The molecule has 0 bridgehead atoms. The van der Waals surface area contributed by atoms with Gasteiger partial charge in [-0.2, -0.15) is 13.2 Å². The van der Waals surface area contributed by atoms with E-state index in [0.29, 0.717) is 10.9 Å². The maximum atomic E-state index is 14.3. The van der Waals surface area contributed by atoms with E-state index in [1.165, 1.54) is 31.2 Å². The first-order valence-electron chi connectivity index (χ1n) is 8.59. The van der Waals surface area contributed by atoms with Crippen LogP contribution < -0.4 is 5.73 Å². The molecule has 146 valence electrons. The van der Waals surface area contributed by atoms with Gasteiger partial charge in [-0.1, -0.05) is 49.4 Å².